The van der Waals surface area contributed by atoms with E-state index in [1.54, 1.807) is 0 Å². The Bertz CT molecular complexity index is 242. The summed E-state index contributed by atoms with van der Waals surface area (Å²) in [6, 6.07) is 10.2. The monoisotopic (exact) mass is 208 g/mol. The van der Waals surface area contributed by atoms with Crippen molar-refractivity contribution in [2.45, 2.75) is 20.5 Å². The molecular formula is C13H20O2. The van der Waals surface area contributed by atoms with Crippen molar-refractivity contribution in [3.8, 4) is 0 Å². The zero-order valence-electron chi connectivity index (χ0n) is 9.61. The van der Waals surface area contributed by atoms with Crippen LogP contribution in [0.5, 0.6) is 0 Å². The van der Waals surface area contributed by atoms with Gasteiger partial charge < -0.3 is 9.47 Å². The van der Waals surface area contributed by atoms with Crippen LogP contribution in [0.15, 0.2) is 30.3 Å². The van der Waals surface area contributed by atoms with Crippen molar-refractivity contribution >= 4 is 0 Å². The summed E-state index contributed by atoms with van der Waals surface area (Å²) >= 11 is 0. The van der Waals surface area contributed by atoms with Crippen molar-refractivity contribution in [3.05, 3.63) is 35.9 Å². The van der Waals surface area contributed by atoms with E-state index in [4.69, 9.17) is 9.47 Å². The summed E-state index contributed by atoms with van der Waals surface area (Å²) in [6.45, 7) is 7.29. The highest BCUT2D eigenvalue weighted by Gasteiger charge is 2.17. The summed E-state index contributed by atoms with van der Waals surface area (Å²) in [4.78, 5) is 0. The van der Waals surface area contributed by atoms with Gasteiger partial charge in [0.15, 0.2) is 0 Å². The molecular weight excluding hydrogens is 188 g/mol. The Hall–Kier alpha value is -0.860. The Labute approximate surface area is 92.2 Å². The van der Waals surface area contributed by atoms with Gasteiger partial charge in [0.1, 0.15) is 0 Å². The van der Waals surface area contributed by atoms with Gasteiger partial charge in [0, 0.05) is 5.92 Å². The lowest BCUT2D eigenvalue weighted by molar-refractivity contribution is -0.0745. The molecule has 1 aromatic carbocycles. The first-order valence-electron chi connectivity index (χ1n) is 5.64. The molecule has 0 aromatic heterocycles. The van der Waals surface area contributed by atoms with E-state index in [1.165, 1.54) is 5.56 Å². The Morgan fingerprint density at radius 2 is 1.87 bits per heavy atom. The van der Waals surface area contributed by atoms with Gasteiger partial charge in [0.2, 0.25) is 0 Å². The summed E-state index contributed by atoms with van der Waals surface area (Å²) in [5.41, 5.74) is 1.24. The largest absolute Gasteiger partial charge is 0.381 e. The standard InChI is InChI=1S/C11H14O2.C2H6/c1-2-4-10(5-3-1)6-12-7-11-8-13-9-11;1-2/h1-5,11H,6-9H2;1-2H3. The topological polar surface area (TPSA) is 18.5 Å². The maximum absolute atomic E-state index is 5.54. The molecule has 0 aliphatic carbocycles. The van der Waals surface area contributed by atoms with Crippen LogP contribution < -0.4 is 0 Å². The predicted molar refractivity (Wildman–Crippen MR) is 61.8 cm³/mol. The third-order valence-corrected chi connectivity index (χ3v) is 2.17. The van der Waals surface area contributed by atoms with Gasteiger partial charge in [-0.15, -0.1) is 0 Å². The van der Waals surface area contributed by atoms with Crippen molar-refractivity contribution in [2.75, 3.05) is 19.8 Å². The average molecular weight is 208 g/mol. The van der Waals surface area contributed by atoms with Gasteiger partial charge in [-0.25, -0.2) is 0 Å². The molecule has 0 spiro atoms. The van der Waals surface area contributed by atoms with Crippen LogP contribution in [0.25, 0.3) is 0 Å². The molecule has 1 saturated heterocycles. The van der Waals surface area contributed by atoms with Crippen LogP contribution in [0.3, 0.4) is 0 Å². The molecule has 0 N–H and O–H groups in total. The first kappa shape index (κ1) is 12.2. The number of hydrogen-bond donors (Lipinski definition) is 0. The molecule has 0 bridgehead atoms. The molecule has 0 amide bonds. The fourth-order valence-electron chi connectivity index (χ4n) is 1.30. The van der Waals surface area contributed by atoms with Gasteiger partial charge in [-0.2, -0.15) is 0 Å². The van der Waals surface area contributed by atoms with Crippen LogP contribution in [0.4, 0.5) is 0 Å². The number of benzene rings is 1. The normalized spacial score (nSPS) is 15.1. The minimum atomic E-state index is 0.628. The molecule has 0 atom stereocenters. The first-order chi connectivity index (χ1) is 7.45. The Balaban J connectivity index is 0.000000531. The third kappa shape index (κ3) is 4.45. The lowest BCUT2D eigenvalue weighted by Gasteiger charge is -2.25. The first-order valence-corrected chi connectivity index (χ1v) is 5.64. The Morgan fingerprint density at radius 1 is 1.20 bits per heavy atom. The molecule has 1 aromatic rings. The summed E-state index contributed by atoms with van der Waals surface area (Å²) in [5, 5.41) is 0. The minimum absolute atomic E-state index is 0.628. The maximum Gasteiger partial charge on any atom is 0.0717 e. The van der Waals surface area contributed by atoms with Crippen LogP contribution in [0.2, 0.25) is 0 Å². The SMILES string of the molecule is CC.c1ccc(COCC2COC2)cc1. The van der Waals surface area contributed by atoms with E-state index in [-0.39, 0.29) is 0 Å². The predicted octanol–water partition coefficient (Wildman–Crippen LogP) is 2.88. The van der Waals surface area contributed by atoms with Crippen molar-refractivity contribution in [1.29, 1.82) is 0 Å². The molecule has 1 heterocycles. The van der Waals surface area contributed by atoms with Gasteiger partial charge in [-0.3, -0.25) is 0 Å². The summed E-state index contributed by atoms with van der Waals surface area (Å²) in [5.74, 6) is 0.628. The molecule has 15 heavy (non-hydrogen) atoms. The second-order valence-electron chi connectivity index (χ2n) is 3.40. The van der Waals surface area contributed by atoms with E-state index >= 15 is 0 Å². The van der Waals surface area contributed by atoms with E-state index in [2.05, 4.69) is 12.1 Å². The van der Waals surface area contributed by atoms with Crippen molar-refractivity contribution in [3.63, 3.8) is 0 Å². The second-order valence-corrected chi connectivity index (χ2v) is 3.40. The van der Waals surface area contributed by atoms with Crippen LogP contribution in [0, 0.1) is 5.92 Å². The number of ether oxygens (including phenoxy) is 2. The van der Waals surface area contributed by atoms with Crippen LogP contribution in [0.1, 0.15) is 19.4 Å². The van der Waals surface area contributed by atoms with E-state index < -0.39 is 0 Å². The van der Waals surface area contributed by atoms with Gasteiger partial charge in [-0.05, 0) is 5.56 Å². The molecule has 1 aliphatic heterocycles. The quantitative estimate of drug-likeness (QED) is 0.757. The smallest absolute Gasteiger partial charge is 0.0717 e. The molecule has 84 valence electrons. The van der Waals surface area contributed by atoms with E-state index in [0.717, 1.165) is 26.4 Å². The van der Waals surface area contributed by atoms with Crippen LogP contribution in [-0.2, 0) is 16.1 Å². The van der Waals surface area contributed by atoms with E-state index in [0.29, 0.717) is 5.92 Å². The minimum Gasteiger partial charge on any atom is -0.381 e. The highest BCUT2D eigenvalue weighted by molar-refractivity contribution is 5.13. The van der Waals surface area contributed by atoms with Gasteiger partial charge in [0.05, 0.1) is 26.4 Å². The van der Waals surface area contributed by atoms with Crippen LogP contribution in [-0.4, -0.2) is 19.8 Å². The molecule has 2 rings (SSSR count). The fourth-order valence-corrected chi connectivity index (χ4v) is 1.30. The second kappa shape index (κ2) is 7.43. The molecule has 1 fully saturated rings. The number of rotatable bonds is 4. The molecule has 0 radical (unpaired) electrons. The number of hydrogen-bond acceptors (Lipinski definition) is 2. The molecule has 2 heteroatoms. The van der Waals surface area contributed by atoms with Gasteiger partial charge in [-0.1, -0.05) is 44.2 Å². The zero-order valence-corrected chi connectivity index (χ0v) is 9.61. The van der Waals surface area contributed by atoms with Crippen molar-refractivity contribution in [2.24, 2.45) is 5.92 Å². The Morgan fingerprint density at radius 3 is 2.40 bits per heavy atom. The molecule has 2 nitrogen and oxygen atoms in total. The van der Waals surface area contributed by atoms with Crippen molar-refractivity contribution in [1.82, 2.24) is 0 Å². The molecule has 0 unspecified atom stereocenters. The highest BCUT2D eigenvalue weighted by atomic mass is 16.5. The fraction of sp³-hybridized carbons (Fsp3) is 0.538. The lowest BCUT2D eigenvalue weighted by atomic mass is 10.1. The lowest BCUT2D eigenvalue weighted by Crippen LogP contribution is -2.31. The van der Waals surface area contributed by atoms with Gasteiger partial charge in [0.25, 0.3) is 0 Å². The molecule has 1 aliphatic rings. The Kier molecular flexibility index (Phi) is 6.05. The summed E-state index contributed by atoms with van der Waals surface area (Å²) in [6.07, 6.45) is 0. The average Bonchev–Trinajstić information content (AvgIpc) is 2.26. The maximum atomic E-state index is 5.54. The van der Waals surface area contributed by atoms with Crippen molar-refractivity contribution < 1.29 is 9.47 Å². The van der Waals surface area contributed by atoms with E-state index in [9.17, 15) is 0 Å². The highest BCUT2D eigenvalue weighted by Crippen LogP contribution is 2.11. The van der Waals surface area contributed by atoms with Crippen LogP contribution >= 0.6 is 0 Å². The molecule has 0 saturated carbocycles. The van der Waals surface area contributed by atoms with Gasteiger partial charge >= 0.3 is 0 Å². The third-order valence-electron chi connectivity index (χ3n) is 2.17. The zero-order chi connectivity index (χ0) is 10.9. The summed E-state index contributed by atoms with van der Waals surface area (Å²) < 4.78 is 10.6. The van der Waals surface area contributed by atoms with E-state index in [1.807, 2.05) is 32.0 Å². The summed E-state index contributed by atoms with van der Waals surface area (Å²) in [7, 11) is 0.